The van der Waals surface area contributed by atoms with Crippen molar-refractivity contribution in [3.63, 3.8) is 0 Å². The Labute approximate surface area is 105 Å². The molecule has 1 atom stereocenters. The van der Waals surface area contributed by atoms with Gasteiger partial charge in [0.1, 0.15) is 6.20 Å². The van der Waals surface area contributed by atoms with Crippen LogP contribution in [0.1, 0.15) is 13.3 Å². The highest BCUT2D eigenvalue weighted by Gasteiger charge is 2.20. The molecule has 8 nitrogen and oxygen atoms in total. The van der Waals surface area contributed by atoms with Crippen molar-refractivity contribution in [1.29, 1.82) is 0 Å². The second kappa shape index (κ2) is 6.10. The van der Waals surface area contributed by atoms with Crippen LogP contribution < -0.4 is 10.2 Å². The van der Waals surface area contributed by atoms with E-state index in [1.807, 2.05) is 0 Å². The molecule has 0 amide bonds. The maximum atomic E-state index is 10.9. The molecule has 1 heterocycles. The highest BCUT2D eigenvalue weighted by Crippen LogP contribution is 2.25. The molecule has 2 N–H and O–H groups in total. The summed E-state index contributed by atoms with van der Waals surface area (Å²) in [6.45, 7) is 2.14. The standard InChI is InChI=1S/C10H17N5O3/c1-7(16)4-5-14(3)9-8(15(17)18)6-12-10(11-2)13-9/h6-7,16H,4-5H2,1-3H3,(H,11,12,13). The van der Waals surface area contributed by atoms with Crippen LogP contribution >= 0.6 is 0 Å². The van der Waals surface area contributed by atoms with Gasteiger partial charge in [0.05, 0.1) is 11.0 Å². The Kier molecular flexibility index (Phi) is 4.78. The topological polar surface area (TPSA) is 104 Å². The van der Waals surface area contributed by atoms with Gasteiger partial charge >= 0.3 is 5.69 Å². The smallest absolute Gasteiger partial charge is 0.329 e. The fourth-order valence-electron chi connectivity index (χ4n) is 1.38. The summed E-state index contributed by atoms with van der Waals surface area (Å²) in [6.07, 6.45) is 1.22. The molecule has 0 bridgehead atoms. The predicted molar refractivity (Wildman–Crippen MR) is 67.8 cm³/mol. The van der Waals surface area contributed by atoms with E-state index < -0.39 is 11.0 Å². The van der Waals surface area contributed by atoms with E-state index in [0.717, 1.165) is 0 Å². The number of nitrogens with zero attached hydrogens (tertiary/aromatic N) is 4. The first kappa shape index (κ1) is 14.1. The van der Waals surface area contributed by atoms with E-state index in [2.05, 4.69) is 15.3 Å². The molecule has 1 aromatic heterocycles. The van der Waals surface area contributed by atoms with Gasteiger partial charge in [-0.3, -0.25) is 10.1 Å². The number of hydrogen-bond acceptors (Lipinski definition) is 7. The summed E-state index contributed by atoms with van der Waals surface area (Å²) in [7, 11) is 3.33. The van der Waals surface area contributed by atoms with Crippen molar-refractivity contribution in [1.82, 2.24) is 9.97 Å². The molecule has 0 radical (unpaired) electrons. The Morgan fingerprint density at radius 3 is 2.83 bits per heavy atom. The monoisotopic (exact) mass is 255 g/mol. The second-order valence-corrected chi connectivity index (χ2v) is 3.97. The summed E-state index contributed by atoms with van der Waals surface area (Å²) in [5, 5.41) is 22.8. The van der Waals surface area contributed by atoms with E-state index in [1.54, 1.807) is 25.9 Å². The highest BCUT2D eigenvalue weighted by molar-refractivity contribution is 5.58. The zero-order chi connectivity index (χ0) is 13.7. The number of rotatable bonds is 6. The molecule has 0 fully saturated rings. The van der Waals surface area contributed by atoms with Crippen molar-refractivity contribution >= 4 is 17.5 Å². The summed E-state index contributed by atoms with van der Waals surface area (Å²) in [4.78, 5) is 19.9. The Hall–Kier alpha value is -1.96. The molecule has 0 saturated heterocycles. The van der Waals surface area contributed by atoms with Gasteiger partial charge in [0.2, 0.25) is 11.8 Å². The minimum atomic E-state index is -0.520. The van der Waals surface area contributed by atoms with Gasteiger partial charge in [-0.15, -0.1) is 0 Å². The van der Waals surface area contributed by atoms with Gasteiger partial charge in [-0.2, -0.15) is 4.98 Å². The van der Waals surface area contributed by atoms with Gasteiger partial charge in [0, 0.05) is 20.6 Å². The van der Waals surface area contributed by atoms with Crippen LogP contribution in [0, 0.1) is 10.1 Å². The van der Waals surface area contributed by atoms with Crippen molar-refractivity contribution < 1.29 is 10.0 Å². The third-order valence-electron chi connectivity index (χ3n) is 2.41. The van der Waals surface area contributed by atoms with E-state index in [1.165, 1.54) is 6.20 Å². The summed E-state index contributed by atoms with van der Waals surface area (Å²) in [5.41, 5.74) is -0.151. The maximum absolute atomic E-state index is 10.9. The van der Waals surface area contributed by atoms with Crippen LogP contribution in [0.25, 0.3) is 0 Å². The Morgan fingerprint density at radius 1 is 1.67 bits per heavy atom. The van der Waals surface area contributed by atoms with Gasteiger partial charge in [-0.05, 0) is 13.3 Å². The minimum absolute atomic E-state index is 0.151. The van der Waals surface area contributed by atoms with Crippen molar-refractivity contribution in [2.75, 3.05) is 30.9 Å². The van der Waals surface area contributed by atoms with Gasteiger partial charge in [0.25, 0.3) is 0 Å². The zero-order valence-corrected chi connectivity index (χ0v) is 10.6. The van der Waals surface area contributed by atoms with Crippen LogP contribution in [0.3, 0.4) is 0 Å². The number of hydrogen-bond donors (Lipinski definition) is 2. The fourth-order valence-corrected chi connectivity index (χ4v) is 1.38. The van der Waals surface area contributed by atoms with E-state index in [0.29, 0.717) is 18.9 Å². The van der Waals surface area contributed by atoms with Crippen molar-refractivity contribution in [2.24, 2.45) is 0 Å². The van der Waals surface area contributed by atoms with Crippen LogP contribution in [0.4, 0.5) is 17.5 Å². The van der Waals surface area contributed by atoms with Crippen LogP contribution in [0.15, 0.2) is 6.20 Å². The lowest BCUT2D eigenvalue weighted by atomic mass is 10.3. The molecule has 1 aromatic rings. The van der Waals surface area contributed by atoms with Crippen LogP contribution in [0.5, 0.6) is 0 Å². The van der Waals surface area contributed by atoms with E-state index in [9.17, 15) is 15.2 Å². The molecular formula is C10H17N5O3. The van der Waals surface area contributed by atoms with Crippen molar-refractivity contribution in [2.45, 2.75) is 19.4 Å². The van der Waals surface area contributed by atoms with Crippen molar-refractivity contribution in [3.8, 4) is 0 Å². The quantitative estimate of drug-likeness (QED) is 0.567. The summed E-state index contributed by atoms with van der Waals surface area (Å²) >= 11 is 0. The molecule has 1 rings (SSSR count). The Morgan fingerprint density at radius 2 is 2.33 bits per heavy atom. The third-order valence-corrected chi connectivity index (χ3v) is 2.41. The summed E-state index contributed by atoms with van der Waals surface area (Å²) in [5.74, 6) is 0.555. The van der Waals surface area contributed by atoms with Crippen LogP contribution in [-0.2, 0) is 0 Å². The predicted octanol–water partition coefficient (Wildman–Crippen LogP) is 0.634. The van der Waals surface area contributed by atoms with E-state index in [4.69, 9.17) is 0 Å². The lowest BCUT2D eigenvalue weighted by Crippen LogP contribution is -2.24. The first-order chi connectivity index (χ1) is 8.45. The molecule has 18 heavy (non-hydrogen) atoms. The number of anilines is 2. The van der Waals surface area contributed by atoms with Gasteiger partial charge < -0.3 is 15.3 Å². The molecule has 0 saturated carbocycles. The molecule has 100 valence electrons. The number of aromatic nitrogens is 2. The molecule has 0 spiro atoms. The maximum Gasteiger partial charge on any atom is 0.329 e. The second-order valence-electron chi connectivity index (χ2n) is 3.97. The molecule has 8 heteroatoms. The molecule has 0 aromatic carbocycles. The molecule has 0 aliphatic carbocycles. The van der Waals surface area contributed by atoms with Gasteiger partial charge in [-0.25, -0.2) is 4.98 Å². The Bertz CT molecular complexity index is 424. The number of nitro groups is 1. The number of aliphatic hydroxyl groups excluding tert-OH is 1. The average molecular weight is 255 g/mol. The van der Waals surface area contributed by atoms with Gasteiger partial charge in [0.15, 0.2) is 0 Å². The van der Waals surface area contributed by atoms with E-state index >= 15 is 0 Å². The Balaban J connectivity index is 2.99. The highest BCUT2D eigenvalue weighted by atomic mass is 16.6. The van der Waals surface area contributed by atoms with Crippen molar-refractivity contribution in [3.05, 3.63) is 16.3 Å². The number of nitrogens with one attached hydrogen (secondary N) is 1. The normalized spacial score (nSPS) is 12.0. The molecular weight excluding hydrogens is 238 g/mol. The fraction of sp³-hybridized carbons (Fsp3) is 0.600. The molecule has 0 aliphatic heterocycles. The first-order valence-corrected chi connectivity index (χ1v) is 5.54. The summed E-state index contributed by atoms with van der Waals surface area (Å²) in [6, 6.07) is 0. The molecule has 0 aliphatic rings. The first-order valence-electron chi connectivity index (χ1n) is 5.54. The lowest BCUT2D eigenvalue weighted by molar-refractivity contribution is -0.384. The van der Waals surface area contributed by atoms with Crippen LogP contribution in [0.2, 0.25) is 0 Å². The SMILES string of the molecule is CNc1ncc([N+](=O)[O-])c(N(C)CCC(C)O)n1. The van der Waals surface area contributed by atoms with Crippen LogP contribution in [-0.4, -0.2) is 46.7 Å². The average Bonchev–Trinajstić information content (AvgIpc) is 2.34. The lowest BCUT2D eigenvalue weighted by Gasteiger charge is -2.18. The zero-order valence-electron chi connectivity index (χ0n) is 10.6. The minimum Gasteiger partial charge on any atom is -0.393 e. The molecule has 1 unspecified atom stereocenters. The van der Waals surface area contributed by atoms with E-state index in [-0.39, 0.29) is 11.5 Å². The number of aliphatic hydroxyl groups is 1. The van der Waals surface area contributed by atoms with Gasteiger partial charge in [-0.1, -0.05) is 0 Å². The summed E-state index contributed by atoms with van der Waals surface area (Å²) < 4.78 is 0. The largest absolute Gasteiger partial charge is 0.393 e. The third kappa shape index (κ3) is 3.52.